The molecule has 94 valence electrons. The second kappa shape index (κ2) is 7.04. The van der Waals surface area contributed by atoms with E-state index in [4.69, 9.17) is 5.73 Å². The average molecular weight is 236 g/mol. The molecular weight excluding hydrogens is 216 g/mol. The van der Waals surface area contributed by atoms with Crippen LogP contribution in [-0.2, 0) is 6.42 Å². The van der Waals surface area contributed by atoms with Gasteiger partial charge in [-0.1, -0.05) is 25.1 Å². The van der Waals surface area contributed by atoms with Gasteiger partial charge in [0, 0.05) is 12.1 Å². The van der Waals surface area contributed by atoms with Crippen molar-refractivity contribution in [1.29, 1.82) is 0 Å². The number of nitrogens with one attached hydrogen (secondary N) is 1. The smallest absolute Gasteiger partial charge is 0.251 e. The van der Waals surface area contributed by atoms with Gasteiger partial charge in [0.25, 0.3) is 5.91 Å². The van der Waals surface area contributed by atoms with Crippen LogP contribution >= 0.6 is 0 Å². The number of carbonyl (C=O) groups is 1. The molecule has 4 heteroatoms. The van der Waals surface area contributed by atoms with Gasteiger partial charge >= 0.3 is 0 Å². The van der Waals surface area contributed by atoms with Gasteiger partial charge in [-0.2, -0.15) is 0 Å². The van der Waals surface area contributed by atoms with E-state index >= 15 is 0 Å². The van der Waals surface area contributed by atoms with Crippen molar-refractivity contribution in [3.63, 3.8) is 0 Å². The number of rotatable bonds is 6. The Morgan fingerprint density at radius 2 is 2.18 bits per heavy atom. The van der Waals surface area contributed by atoms with Gasteiger partial charge < -0.3 is 16.2 Å². The SMILES string of the molecule is CCC(O)CNC(=O)c1ccccc1CCN. The van der Waals surface area contributed by atoms with Gasteiger partial charge in [0.05, 0.1) is 6.10 Å². The second-order valence-electron chi connectivity index (χ2n) is 3.97. The van der Waals surface area contributed by atoms with Crippen molar-refractivity contribution in [2.24, 2.45) is 5.73 Å². The first-order valence-corrected chi connectivity index (χ1v) is 5.93. The molecule has 17 heavy (non-hydrogen) atoms. The van der Waals surface area contributed by atoms with Crippen molar-refractivity contribution in [2.75, 3.05) is 13.1 Å². The summed E-state index contributed by atoms with van der Waals surface area (Å²) in [5.41, 5.74) is 7.08. The molecule has 1 amide bonds. The Bertz CT molecular complexity index is 366. The Hall–Kier alpha value is -1.39. The summed E-state index contributed by atoms with van der Waals surface area (Å²) in [5, 5.41) is 12.1. The topological polar surface area (TPSA) is 75.3 Å². The minimum atomic E-state index is -0.486. The number of hydrogen-bond donors (Lipinski definition) is 3. The number of nitrogens with two attached hydrogens (primary N) is 1. The maximum Gasteiger partial charge on any atom is 0.251 e. The molecule has 0 aromatic heterocycles. The Balaban J connectivity index is 2.67. The molecule has 0 heterocycles. The van der Waals surface area contributed by atoms with Crippen molar-refractivity contribution < 1.29 is 9.90 Å². The molecule has 1 unspecified atom stereocenters. The summed E-state index contributed by atoms with van der Waals surface area (Å²) < 4.78 is 0. The second-order valence-corrected chi connectivity index (χ2v) is 3.97. The molecule has 1 aromatic carbocycles. The van der Waals surface area contributed by atoms with Crippen LogP contribution in [-0.4, -0.2) is 30.2 Å². The highest BCUT2D eigenvalue weighted by atomic mass is 16.3. The highest BCUT2D eigenvalue weighted by Gasteiger charge is 2.11. The molecule has 1 aromatic rings. The molecule has 0 radical (unpaired) electrons. The summed E-state index contributed by atoms with van der Waals surface area (Å²) in [6.07, 6.45) is 0.825. The number of aliphatic hydroxyl groups is 1. The van der Waals surface area contributed by atoms with Crippen LogP contribution in [0, 0.1) is 0 Å². The number of aliphatic hydroxyl groups excluding tert-OH is 1. The molecule has 4 nitrogen and oxygen atoms in total. The van der Waals surface area contributed by atoms with Crippen LogP contribution in [0.1, 0.15) is 29.3 Å². The molecule has 0 aliphatic rings. The maximum absolute atomic E-state index is 11.9. The number of hydrogen-bond acceptors (Lipinski definition) is 3. The van der Waals surface area contributed by atoms with E-state index in [0.29, 0.717) is 24.9 Å². The zero-order valence-electron chi connectivity index (χ0n) is 10.1. The summed E-state index contributed by atoms with van der Waals surface area (Å²) >= 11 is 0. The van der Waals surface area contributed by atoms with Crippen LogP contribution < -0.4 is 11.1 Å². The standard InChI is InChI=1S/C13H20N2O2/c1-2-11(16)9-15-13(17)12-6-4-3-5-10(12)7-8-14/h3-6,11,16H,2,7-9,14H2,1H3,(H,15,17). The van der Waals surface area contributed by atoms with Gasteiger partial charge in [0.15, 0.2) is 0 Å². The van der Waals surface area contributed by atoms with Crippen LogP contribution in [0.2, 0.25) is 0 Å². The number of carbonyl (C=O) groups excluding carboxylic acids is 1. The van der Waals surface area contributed by atoms with Gasteiger partial charge in [-0.05, 0) is 31.0 Å². The zero-order chi connectivity index (χ0) is 12.7. The Morgan fingerprint density at radius 3 is 2.82 bits per heavy atom. The first kappa shape index (κ1) is 13.7. The van der Waals surface area contributed by atoms with Crippen molar-refractivity contribution in [1.82, 2.24) is 5.32 Å². The fraction of sp³-hybridized carbons (Fsp3) is 0.462. The minimum absolute atomic E-state index is 0.151. The lowest BCUT2D eigenvalue weighted by Crippen LogP contribution is -2.32. The third kappa shape index (κ3) is 4.17. The largest absolute Gasteiger partial charge is 0.391 e. The van der Waals surface area contributed by atoms with E-state index in [1.807, 2.05) is 25.1 Å². The fourth-order valence-corrected chi connectivity index (χ4v) is 1.57. The Kier molecular flexibility index (Phi) is 5.66. The molecule has 0 aliphatic carbocycles. The quantitative estimate of drug-likeness (QED) is 0.680. The lowest BCUT2D eigenvalue weighted by Gasteiger charge is -2.11. The van der Waals surface area contributed by atoms with Crippen molar-refractivity contribution in [3.05, 3.63) is 35.4 Å². The van der Waals surface area contributed by atoms with E-state index in [9.17, 15) is 9.90 Å². The van der Waals surface area contributed by atoms with Crippen LogP contribution in [0.5, 0.6) is 0 Å². The van der Waals surface area contributed by atoms with E-state index < -0.39 is 6.10 Å². The highest BCUT2D eigenvalue weighted by molar-refractivity contribution is 5.95. The van der Waals surface area contributed by atoms with E-state index in [2.05, 4.69) is 5.32 Å². The van der Waals surface area contributed by atoms with Crippen molar-refractivity contribution in [2.45, 2.75) is 25.9 Å². The fourth-order valence-electron chi connectivity index (χ4n) is 1.57. The van der Waals surface area contributed by atoms with Gasteiger partial charge in [-0.3, -0.25) is 4.79 Å². The monoisotopic (exact) mass is 236 g/mol. The summed E-state index contributed by atoms with van der Waals surface area (Å²) in [6, 6.07) is 7.39. The minimum Gasteiger partial charge on any atom is -0.391 e. The molecule has 0 bridgehead atoms. The average Bonchev–Trinajstić information content (AvgIpc) is 2.36. The molecule has 0 saturated heterocycles. The summed E-state index contributed by atoms with van der Waals surface area (Å²) in [7, 11) is 0. The third-order valence-electron chi connectivity index (χ3n) is 2.65. The maximum atomic E-state index is 11.9. The predicted molar refractivity (Wildman–Crippen MR) is 67.8 cm³/mol. The van der Waals surface area contributed by atoms with Gasteiger partial charge in [0.2, 0.25) is 0 Å². The van der Waals surface area contributed by atoms with Crippen molar-refractivity contribution >= 4 is 5.91 Å². The van der Waals surface area contributed by atoms with Crippen LogP contribution in [0.25, 0.3) is 0 Å². The first-order chi connectivity index (χ1) is 8.19. The number of benzene rings is 1. The molecule has 0 fully saturated rings. The highest BCUT2D eigenvalue weighted by Crippen LogP contribution is 2.09. The molecule has 0 aliphatic heterocycles. The van der Waals surface area contributed by atoms with Crippen LogP contribution in [0.4, 0.5) is 0 Å². The van der Waals surface area contributed by atoms with E-state index in [1.54, 1.807) is 6.07 Å². The van der Waals surface area contributed by atoms with E-state index in [1.165, 1.54) is 0 Å². The summed E-state index contributed by atoms with van der Waals surface area (Å²) in [6.45, 7) is 2.67. The number of amides is 1. The molecule has 0 spiro atoms. The van der Waals surface area contributed by atoms with Crippen molar-refractivity contribution in [3.8, 4) is 0 Å². The lowest BCUT2D eigenvalue weighted by atomic mass is 10.0. The lowest BCUT2D eigenvalue weighted by molar-refractivity contribution is 0.0913. The molecule has 0 saturated carbocycles. The van der Waals surface area contributed by atoms with E-state index in [0.717, 1.165) is 5.56 Å². The Morgan fingerprint density at radius 1 is 1.47 bits per heavy atom. The molecule has 1 rings (SSSR count). The summed E-state index contributed by atoms with van der Waals surface area (Å²) in [5.74, 6) is -0.151. The van der Waals surface area contributed by atoms with Gasteiger partial charge in [0.1, 0.15) is 0 Å². The van der Waals surface area contributed by atoms with E-state index in [-0.39, 0.29) is 12.5 Å². The van der Waals surface area contributed by atoms with Gasteiger partial charge in [-0.15, -0.1) is 0 Å². The molecular formula is C13H20N2O2. The van der Waals surface area contributed by atoms with Crippen LogP contribution in [0.3, 0.4) is 0 Å². The van der Waals surface area contributed by atoms with Gasteiger partial charge in [-0.25, -0.2) is 0 Å². The predicted octanol–water partition coefficient (Wildman–Crippen LogP) is 0.689. The summed E-state index contributed by atoms with van der Waals surface area (Å²) in [4.78, 5) is 11.9. The zero-order valence-corrected chi connectivity index (χ0v) is 10.1. The normalized spacial score (nSPS) is 12.2. The molecule has 1 atom stereocenters. The molecule has 4 N–H and O–H groups in total. The van der Waals surface area contributed by atoms with Crippen LogP contribution in [0.15, 0.2) is 24.3 Å². The third-order valence-corrected chi connectivity index (χ3v) is 2.65. The Labute approximate surface area is 102 Å². The first-order valence-electron chi connectivity index (χ1n) is 5.93.